The lowest BCUT2D eigenvalue weighted by molar-refractivity contribution is 0.0723. The van der Waals surface area contributed by atoms with Crippen molar-refractivity contribution in [3.63, 3.8) is 0 Å². The second-order valence-corrected chi connectivity index (χ2v) is 9.12. The second kappa shape index (κ2) is 7.65. The molecule has 1 amide bonds. The van der Waals surface area contributed by atoms with Gasteiger partial charge in [-0.15, -0.1) is 0 Å². The van der Waals surface area contributed by atoms with Crippen LogP contribution in [0, 0.1) is 11.6 Å². The standard InChI is InChI=1S/C25H22F2N6O/c1-2-32(24(34)17-13-29-33-10-4-9-28-23(17)33)14-25-8-7-15(12-25)16-11-20(30-31-22(16)25)21-18(26)5-3-6-19(21)27/h3-6,9-11,13,15H,2,7-8,12,14H2,1H3/t15-,25+/m1/s1. The van der Waals surface area contributed by atoms with Crippen LogP contribution in [0.4, 0.5) is 8.78 Å². The molecule has 1 aromatic carbocycles. The van der Waals surface area contributed by atoms with Crippen molar-refractivity contribution in [1.82, 2.24) is 29.7 Å². The zero-order chi connectivity index (χ0) is 23.4. The van der Waals surface area contributed by atoms with E-state index in [1.807, 2.05) is 11.8 Å². The molecule has 0 N–H and O–H groups in total. The number of carbonyl (C=O) groups is 1. The maximum absolute atomic E-state index is 14.3. The molecule has 0 unspecified atom stereocenters. The molecule has 0 spiro atoms. The number of hydrogen-bond donors (Lipinski definition) is 0. The highest BCUT2D eigenvalue weighted by molar-refractivity contribution is 5.99. The first-order valence-electron chi connectivity index (χ1n) is 11.4. The summed E-state index contributed by atoms with van der Waals surface area (Å²) in [6.45, 7) is 2.97. The Balaban J connectivity index is 1.34. The number of carbonyl (C=O) groups excluding carboxylic acids is 1. The normalized spacial score (nSPS) is 20.6. The summed E-state index contributed by atoms with van der Waals surface area (Å²) < 4.78 is 30.3. The van der Waals surface area contributed by atoms with Crippen LogP contribution in [0.5, 0.6) is 0 Å². The number of hydrogen-bond acceptors (Lipinski definition) is 5. The number of rotatable bonds is 5. The summed E-state index contributed by atoms with van der Waals surface area (Å²) in [5.74, 6) is -1.19. The summed E-state index contributed by atoms with van der Waals surface area (Å²) >= 11 is 0. The Morgan fingerprint density at radius 3 is 2.85 bits per heavy atom. The Labute approximate surface area is 194 Å². The van der Waals surface area contributed by atoms with Crippen molar-refractivity contribution in [2.75, 3.05) is 13.1 Å². The lowest BCUT2D eigenvalue weighted by Gasteiger charge is -2.33. The average Bonchev–Trinajstić information content (AvgIpc) is 3.54. The molecular weight excluding hydrogens is 438 g/mol. The largest absolute Gasteiger partial charge is 0.338 e. The fourth-order valence-electron chi connectivity index (χ4n) is 5.66. The molecule has 0 aliphatic heterocycles. The van der Waals surface area contributed by atoms with Crippen LogP contribution in [0.1, 0.15) is 53.7 Å². The van der Waals surface area contributed by atoms with Gasteiger partial charge in [0.15, 0.2) is 5.65 Å². The van der Waals surface area contributed by atoms with E-state index in [2.05, 4.69) is 20.3 Å². The van der Waals surface area contributed by atoms with Crippen LogP contribution in [-0.4, -0.2) is 48.7 Å². The Bertz CT molecular complexity index is 1420. The van der Waals surface area contributed by atoms with Gasteiger partial charge in [0.2, 0.25) is 0 Å². The van der Waals surface area contributed by atoms with E-state index >= 15 is 0 Å². The Kier molecular flexibility index (Phi) is 4.68. The van der Waals surface area contributed by atoms with E-state index in [0.29, 0.717) is 24.3 Å². The summed E-state index contributed by atoms with van der Waals surface area (Å²) in [7, 11) is 0. The van der Waals surface area contributed by atoms with E-state index in [-0.39, 0.29) is 28.5 Å². The minimum Gasteiger partial charge on any atom is -0.338 e. The molecule has 3 heterocycles. The smallest absolute Gasteiger partial charge is 0.259 e. The molecule has 1 saturated carbocycles. The third-order valence-electron chi connectivity index (χ3n) is 7.27. The quantitative estimate of drug-likeness (QED) is 0.447. The number of nitrogens with zero attached hydrogens (tertiary/aromatic N) is 6. The van der Waals surface area contributed by atoms with Crippen molar-refractivity contribution in [3.05, 3.63) is 77.4 Å². The van der Waals surface area contributed by atoms with Crippen LogP contribution in [-0.2, 0) is 5.41 Å². The number of halogens is 2. The number of likely N-dealkylation sites (N-methyl/N-ethyl adjacent to an activating group) is 1. The first kappa shape index (κ1) is 20.8. The third-order valence-corrected chi connectivity index (χ3v) is 7.27. The monoisotopic (exact) mass is 460 g/mol. The highest BCUT2D eigenvalue weighted by Gasteiger charge is 2.52. The van der Waals surface area contributed by atoms with Gasteiger partial charge in [0.1, 0.15) is 17.2 Å². The summed E-state index contributed by atoms with van der Waals surface area (Å²) in [5.41, 5.74) is 2.55. The SMILES string of the molecule is CCN(C[C@]12CC[C@H](C1)c1cc(-c3c(F)cccc3F)nnc12)C(=O)c1cnn2cccnc12. The molecule has 4 aromatic rings. The van der Waals surface area contributed by atoms with Crippen LogP contribution in [0.15, 0.2) is 48.9 Å². The highest BCUT2D eigenvalue weighted by Crippen LogP contribution is 2.57. The molecule has 2 bridgehead atoms. The molecule has 9 heteroatoms. The van der Waals surface area contributed by atoms with E-state index in [0.717, 1.165) is 30.5 Å². The van der Waals surface area contributed by atoms with Crippen LogP contribution in [0.3, 0.4) is 0 Å². The summed E-state index contributed by atoms with van der Waals surface area (Å²) in [6.07, 6.45) is 7.64. The average molecular weight is 460 g/mol. The van der Waals surface area contributed by atoms with Crippen LogP contribution < -0.4 is 0 Å². The zero-order valence-corrected chi connectivity index (χ0v) is 18.6. The number of fused-ring (bicyclic) bond motifs is 6. The van der Waals surface area contributed by atoms with Gasteiger partial charge in [-0.3, -0.25) is 4.79 Å². The van der Waals surface area contributed by atoms with E-state index < -0.39 is 11.6 Å². The highest BCUT2D eigenvalue weighted by atomic mass is 19.1. The van der Waals surface area contributed by atoms with Gasteiger partial charge >= 0.3 is 0 Å². The fraction of sp³-hybridized carbons (Fsp3) is 0.320. The third kappa shape index (κ3) is 3.03. The first-order valence-corrected chi connectivity index (χ1v) is 11.4. The van der Waals surface area contributed by atoms with E-state index in [1.54, 1.807) is 35.2 Å². The van der Waals surface area contributed by atoms with Crippen molar-refractivity contribution in [3.8, 4) is 11.3 Å². The van der Waals surface area contributed by atoms with Crippen molar-refractivity contribution >= 4 is 11.6 Å². The van der Waals surface area contributed by atoms with Gasteiger partial charge in [-0.1, -0.05) is 6.07 Å². The molecule has 2 atom stereocenters. The van der Waals surface area contributed by atoms with Gasteiger partial charge in [-0.25, -0.2) is 18.3 Å². The molecule has 6 rings (SSSR count). The van der Waals surface area contributed by atoms with E-state index in [1.165, 1.54) is 18.2 Å². The van der Waals surface area contributed by atoms with Gasteiger partial charge in [-0.05, 0) is 61.9 Å². The molecular formula is C25H22F2N6O. The van der Waals surface area contributed by atoms with Crippen molar-refractivity contribution < 1.29 is 13.6 Å². The molecule has 0 radical (unpaired) electrons. The summed E-state index contributed by atoms with van der Waals surface area (Å²) in [5, 5.41) is 12.9. The Hall–Kier alpha value is -3.75. The maximum atomic E-state index is 14.3. The molecule has 2 aliphatic carbocycles. The van der Waals surface area contributed by atoms with Crippen LogP contribution in [0.25, 0.3) is 16.9 Å². The van der Waals surface area contributed by atoms with E-state index in [9.17, 15) is 13.6 Å². The minimum absolute atomic E-state index is 0.125. The molecule has 2 aliphatic rings. The number of aromatic nitrogens is 5. The molecule has 7 nitrogen and oxygen atoms in total. The van der Waals surface area contributed by atoms with Crippen molar-refractivity contribution in [2.45, 2.75) is 37.5 Å². The Morgan fingerprint density at radius 1 is 1.24 bits per heavy atom. The van der Waals surface area contributed by atoms with Crippen LogP contribution >= 0.6 is 0 Å². The maximum Gasteiger partial charge on any atom is 0.259 e. The minimum atomic E-state index is -0.656. The van der Waals surface area contributed by atoms with Gasteiger partial charge in [0.05, 0.1) is 23.1 Å². The van der Waals surface area contributed by atoms with Gasteiger partial charge in [0, 0.05) is 30.9 Å². The molecule has 34 heavy (non-hydrogen) atoms. The van der Waals surface area contributed by atoms with E-state index in [4.69, 9.17) is 0 Å². The molecule has 172 valence electrons. The number of benzene rings is 1. The topological polar surface area (TPSA) is 76.3 Å². The van der Waals surface area contributed by atoms with Crippen molar-refractivity contribution in [1.29, 1.82) is 0 Å². The van der Waals surface area contributed by atoms with Gasteiger partial charge in [-0.2, -0.15) is 15.3 Å². The number of amides is 1. The van der Waals surface area contributed by atoms with Crippen molar-refractivity contribution in [2.24, 2.45) is 0 Å². The molecule has 3 aromatic heterocycles. The Morgan fingerprint density at radius 2 is 2.06 bits per heavy atom. The lowest BCUT2D eigenvalue weighted by atomic mass is 9.82. The van der Waals surface area contributed by atoms with Gasteiger partial charge < -0.3 is 4.90 Å². The predicted octanol–water partition coefficient (Wildman–Crippen LogP) is 4.15. The molecule has 0 saturated heterocycles. The van der Waals surface area contributed by atoms with Crippen LogP contribution in [0.2, 0.25) is 0 Å². The predicted molar refractivity (Wildman–Crippen MR) is 120 cm³/mol. The van der Waals surface area contributed by atoms with Gasteiger partial charge in [0.25, 0.3) is 5.91 Å². The summed E-state index contributed by atoms with van der Waals surface area (Å²) in [6, 6.07) is 7.32. The summed E-state index contributed by atoms with van der Waals surface area (Å²) in [4.78, 5) is 19.6. The lowest BCUT2D eigenvalue weighted by Crippen LogP contribution is -2.42. The first-order chi connectivity index (χ1) is 16.5. The molecule has 1 fully saturated rings. The fourth-order valence-corrected chi connectivity index (χ4v) is 5.66. The zero-order valence-electron chi connectivity index (χ0n) is 18.6. The second-order valence-electron chi connectivity index (χ2n) is 9.12.